The van der Waals surface area contributed by atoms with Crippen molar-refractivity contribution in [2.75, 3.05) is 0 Å². The van der Waals surface area contributed by atoms with Gasteiger partial charge < -0.3 is 5.11 Å². The molecular weight excluding hydrogens is 224 g/mol. The third-order valence-electron chi connectivity index (χ3n) is 2.08. The number of hydrogen-bond acceptors (Lipinski definition) is 4. The van der Waals surface area contributed by atoms with E-state index >= 15 is 0 Å². The maximum Gasteiger partial charge on any atom is 0.337 e. The molecule has 14 heavy (non-hydrogen) atoms. The SMILES string of the molecule is O=C(O)c1ccsc1S(=O)(=O)C1CC1. The van der Waals surface area contributed by atoms with Crippen LogP contribution in [0.4, 0.5) is 0 Å². The number of aromatic carboxylic acids is 1. The van der Waals surface area contributed by atoms with Gasteiger partial charge in [0, 0.05) is 0 Å². The lowest BCUT2D eigenvalue weighted by Crippen LogP contribution is -2.09. The van der Waals surface area contributed by atoms with Gasteiger partial charge in [-0.15, -0.1) is 11.3 Å². The van der Waals surface area contributed by atoms with Crippen molar-refractivity contribution in [3.8, 4) is 0 Å². The average molecular weight is 232 g/mol. The summed E-state index contributed by atoms with van der Waals surface area (Å²) in [6, 6.07) is 1.34. The first-order chi connectivity index (χ1) is 6.53. The van der Waals surface area contributed by atoms with Crippen LogP contribution in [0.1, 0.15) is 23.2 Å². The van der Waals surface area contributed by atoms with Gasteiger partial charge in [0.2, 0.25) is 0 Å². The molecule has 0 spiro atoms. The average Bonchev–Trinajstić information content (AvgIpc) is 2.82. The third kappa shape index (κ3) is 1.44. The van der Waals surface area contributed by atoms with Crippen molar-refractivity contribution in [3.05, 3.63) is 17.0 Å². The summed E-state index contributed by atoms with van der Waals surface area (Å²) in [5.41, 5.74) is -0.0955. The molecule has 1 aliphatic rings. The largest absolute Gasteiger partial charge is 0.478 e. The summed E-state index contributed by atoms with van der Waals surface area (Å²) in [6.45, 7) is 0. The molecule has 0 aromatic carbocycles. The lowest BCUT2D eigenvalue weighted by atomic mass is 10.4. The van der Waals surface area contributed by atoms with Gasteiger partial charge in [-0.2, -0.15) is 0 Å². The number of hydrogen-bond donors (Lipinski definition) is 1. The van der Waals surface area contributed by atoms with Gasteiger partial charge in [-0.05, 0) is 24.3 Å². The van der Waals surface area contributed by atoms with E-state index in [4.69, 9.17) is 5.11 Å². The fourth-order valence-electron chi connectivity index (χ4n) is 1.20. The van der Waals surface area contributed by atoms with Gasteiger partial charge in [-0.3, -0.25) is 0 Å². The molecule has 1 fully saturated rings. The highest BCUT2D eigenvalue weighted by molar-refractivity contribution is 7.94. The molecule has 6 heteroatoms. The molecule has 1 saturated carbocycles. The number of carbonyl (C=O) groups is 1. The minimum Gasteiger partial charge on any atom is -0.478 e. The monoisotopic (exact) mass is 232 g/mol. The van der Waals surface area contributed by atoms with Gasteiger partial charge in [-0.1, -0.05) is 0 Å². The minimum atomic E-state index is -3.36. The molecule has 0 bridgehead atoms. The molecule has 0 atom stereocenters. The van der Waals surface area contributed by atoms with E-state index in [9.17, 15) is 13.2 Å². The Balaban J connectivity index is 2.50. The highest BCUT2D eigenvalue weighted by atomic mass is 32.2. The molecule has 0 saturated heterocycles. The summed E-state index contributed by atoms with van der Waals surface area (Å²) in [4.78, 5) is 10.7. The number of carboxylic acid groups (broad SMARTS) is 1. The van der Waals surface area contributed by atoms with E-state index in [0.29, 0.717) is 12.8 Å². The topological polar surface area (TPSA) is 71.4 Å². The lowest BCUT2D eigenvalue weighted by molar-refractivity contribution is 0.0693. The van der Waals surface area contributed by atoms with Crippen molar-refractivity contribution in [2.24, 2.45) is 0 Å². The van der Waals surface area contributed by atoms with Gasteiger partial charge in [0.1, 0.15) is 4.21 Å². The minimum absolute atomic E-state index is 0.00694. The molecule has 0 radical (unpaired) electrons. The first kappa shape index (κ1) is 9.67. The first-order valence-corrected chi connectivity index (χ1v) is 6.51. The molecule has 2 rings (SSSR count). The standard InChI is InChI=1S/C8H8O4S2/c9-7(10)6-3-4-13-8(6)14(11,12)5-1-2-5/h3-5H,1-2H2,(H,9,10). The predicted octanol–water partition coefficient (Wildman–Crippen LogP) is 1.38. The molecule has 1 aromatic rings. The summed E-state index contributed by atoms with van der Waals surface area (Å²) in [5, 5.41) is 9.91. The van der Waals surface area contributed by atoms with E-state index in [-0.39, 0.29) is 15.0 Å². The molecular formula is C8H8O4S2. The zero-order chi connectivity index (χ0) is 10.3. The number of carboxylic acids is 1. The maximum absolute atomic E-state index is 11.7. The van der Waals surface area contributed by atoms with Crippen LogP contribution >= 0.6 is 11.3 Å². The van der Waals surface area contributed by atoms with Gasteiger partial charge >= 0.3 is 5.97 Å². The van der Waals surface area contributed by atoms with Crippen LogP contribution in [0, 0.1) is 0 Å². The third-order valence-corrected chi connectivity index (χ3v) is 5.86. The molecule has 0 unspecified atom stereocenters. The van der Waals surface area contributed by atoms with Crippen molar-refractivity contribution in [1.82, 2.24) is 0 Å². The fourth-order valence-corrected chi connectivity index (χ4v) is 4.45. The Morgan fingerprint density at radius 1 is 1.50 bits per heavy atom. The Kier molecular flexibility index (Phi) is 2.11. The van der Waals surface area contributed by atoms with E-state index in [1.165, 1.54) is 11.4 Å². The summed E-state index contributed by atoms with van der Waals surface area (Å²) in [7, 11) is -3.36. The highest BCUT2D eigenvalue weighted by Crippen LogP contribution is 2.37. The van der Waals surface area contributed by atoms with Crippen LogP contribution in [0.3, 0.4) is 0 Å². The van der Waals surface area contributed by atoms with Crippen LogP contribution in [0.25, 0.3) is 0 Å². The normalized spacial score (nSPS) is 16.9. The molecule has 76 valence electrons. The Morgan fingerprint density at radius 3 is 2.64 bits per heavy atom. The smallest absolute Gasteiger partial charge is 0.337 e. The molecule has 1 N–H and O–H groups in total. The Morgan fingerprint density at radius 2 is 2.14 bits per heavy atom. The second kappa shape index (κ2) is 3.06. The zero-order valence-corrected chi connectivity index (χ0v) is 8.77. The van der Waals surface area contributed by atoms with Crippen LogP contribution in [0.2, 0.25) is 0 Å². The van der Waals surface area contributed by atoms with Gasteiger partial charge in [-0.25, -0.2) is 13.2 Å². The van der Waals surface area contributed by atoms with Crippen molar-refractivity contribution in [1.29, 1.82) is 0 Å². The Labute approximate surface area is 85.1 Å². The second-order valence-electron chi connectivity index (χ2n) is 3.17. The van der Waals surface area contributed by atoms with Gasteiger partial charge in [0.25, 0.3) is 0 Å². The molecule has 4 nitrogen and oxygen atoms in total. The van der Waals surface area contributed by atoms with Crippen molar-refractivity contribution < 1.29 is 18.3 Å². The summed E-state index contributed by atoms with van der Waals surface area (Å²) in [6.07, 6.45) is 1.30. The van der Waals surface area contributed by atoms with Crippen LogP contribution in [-0.4, -0.2) is 24.7 Å². The van der Waals surface area contributed by atoms with Crippen LogP contribution in [0.15, 0.2) is 15.7 Å². The molecule has 1 heterocycles. The van der Waals surface area contributed by atoms with Gasteiger partial charge in [0.05, 0.1) is 10.8 Å². The first-order valence-electron chi connectivity index (χ1n) is 4.08. The van der Waals surface area contributed by atoms with Crippen LogP contribution in [0.5, 0.6) is 0 Å². The van der Waals surface area contributed by atoms with E-state index in [2.05, 4.69) is 0 Å². The summed E-state index contributed by atoms with van der Waals surface area (Å²) in [5.74, 6) is -1.18. The van der Waals surface area contributed by atoms with E-state index in [0.717, 1.165) is 11.3 Å². The maximum atomic E-state index is 11.7. The number of thiophene rings is 1. The van der Waals surface area contributed by atoms with E-state index in [1.54, 1.807) is 0 Å². The number of rotatable bonds is 3. The second-order valence-corrected chi connectivity index (χ2v) is 6.51. The van der Waals surface area contributed by atoms with Crippen LogP contribution < -0.4 is 0 Å². The van der Waals surface area contributed by atoms with Gasteiger partial charge in [0.15, 0.2) is 9.84 Å². The van der Waals surface area contributed by atoms with Crippen molar-refractivity contribution in [3.63, 3.8) is 0 Å². The molecule has 0 amide bonds. The quantitative estimate of drug-likeness (QED) is 0.854. The van der Waals surface area contributed by atoms with Crippen LogP contribution in [-0.2, 0) is 9.84 Å². The zero-order valence-electron chi connectivity index (χ0n) is 7.13. The summed E-state index contributed by atoms with van der Waals surface area (Å²) >= 11 is 0.984. The predicted molar refractivity (Wildman–Crippen MR) is 51.5 cm³/mol. The lowest BCUT2D eigenvalue weighted by Gasteiger charge is -1.99. The molecule has 0 aliphatic heterocycles. The Hall–Kier alpha value is -0.880. The molecule has 1 aliphatic carbocycles. The summed E-state index contributed by atoms with van der Waals surface area (Å²) < 4.78 is 23.5. The van der Waals surface area contributed by atoms with Crippen molar-refractivity contribution >= 4 is 27.1 Å². The van der Waals surface area contributed by atoms with E-state index < -0.39 is 15.8 Å². The fraction of sp³-hybridized carbons (Fsp3) is 0.375. The van der Waals surface area contributed by atoms with E-state index in [1.807, 2.05) is 0 Å². The number of sulfone groups is 1. The van der Waals surface area contributed by atoms with Crippen molar-refractivity contribution in [2.45, 2.75) is 22.3 Å². The molecule has 1 aromatic heterocycles. The highest BCUT2D eigenvalue weighted by Gasteiger charge is 2.39. The Bertz CT molecular complexity index is 467.